The molecule has 0 aliphatic carbocycles. The van der Waals surface area contributed by atoms with Crippen LogP contribution in [-0.2, 0) is 12.7 Å². The van der Waals surface area contributed by atoms with Gasteiger partial charge in [-0.1, -0.05) is 40.5 Å². The first-order valence-corrected chi connectivity index (χ1v) is 8.09. The van der Waals surface area contributed by atoms with Gasteiger partial charge in [0.25, 0.3) is 0 Å². The van der Waals surface area contributed by atoms with Gasteiger partial charge in [-0.2, -0.15) is 13.2 Å². The minimum absolute atomic E-state index is 0.484. The molecule has 1 aromatic carbocycles. The molecule has 1 saturated heterocycles. The van der Waals surface area contributed by atoms with Crippen molar-refractivity contribution in [2.45, 2.75) is 44.4 Å². The Labute approximate surface area is 126 Å². The van der Waals surface area contributed by atoms with Gasteiger partial charge in [-0.05, 0) is 37.4 Å². The number of alkyl halides is 4. The molecule has 0 spiro atoms. The molecule has 1 aliphatic heterocycles. The Morgan fingerprint density at radius 2 is 2.05 bits per heavy atom. The Hall–Kier alpha value is -0.550. The molecule has 1 nitrogen and oxygen atoms in total. The molecule has 0 bridgehead atoms. The molecule has 1 aromatic rings. The third-order valence-corrected chi connectivity index (χ3v) is 4.29. The lowest BCUT2D eigenvalue weighted by molar-refractivity contribution is -0.137. The number of nitrogens with zero attached hydrogens (tertiary/aromatic N) is 1. The van der Waals surface area contributed by atoms with E-state index in [4.69, 9.17) is 0 Å². The highest BCUT2D eigenvalue weighted by Crippen LogP contribution is 2.30. The summed E-state index contributed by atoms with van der Waals surface area (Å²) < 4.78 is 38.2. The SMILES string of the molecule is FC(F)(F)c1cccc(CN2CCCCC2CCBr)c1. The number of piperidine rings is 1. The molecule has 1 aliphatic rings. The lowest BCUT2D eigenvalue weighted by atomic mass is 9.99. The summed E-state index contributed by atoms with van der Waals surface area (Å²) in [7, 11) is 0. The van der Waals surface area contributed by atoms with Crippen molar-refractivity contribution < 1.29 is 13.2 Å². The second kappa shape index (κ2) is 6.94. The highest BCUT2D eigenvalue weighted by Gasteiger charge is 2.30. The molecule has 0 aromatic heterocycles. The van der Waals surface area contributed by atoms with Crippen molar-refractivity contribution in [3.05, 3.63) is 35.4 Å². The van der Waals surface area contributed by atoms with Crippen LogP contribution < -0.4 is 0 Å². The van der Waals surface area contributed by atoms with Crippen LogP contribution in [0.4, 0.5) is 13.2 Å². The van der Waals surface area contributed by atoms with Crippen molar-refractivity contribution in [2.75, 3.05) is 11.9 Å². The summed E-state index contributed by atoms with van der Waals surface area (Å²) in [5.41, 5.74) is 0.199. The van der Waals surface area contributed by atoms with E-state index in [2.05, 4.69) is 20.8 Å². The number of rotatable bonds is 4. The zero-order valence-electron chi connectivity index (χ0n) is 11.3. The van der Waals surface area contributed by atoms with Crippen LogP contribution in [0.25, 0.3) is 0 Å². The van der Waals surface area contributed by atoms with Crippen LogP contribution in [-0.4, -0.2) is 22.8 Å². The third-order valence-electron chi connectivity index (χ3n) is 3.83. The summed E-state index contributed by atoms with van der Waals surface area (Å²) in [6.07, 6.45) is 0.297. The second-order valence-electron chi connectivity index (χ2n) is 5.30. The van der Waals surface area contributed by atoms with Crippen molar-refractivity contribution in [3.8, 4) is 0 Å². The van der Waals surface area contributed by atoms with Crippen molar-refractivity contribution in [2.24, 2.45) is 0 Å². The van der Waals surface area contributed by atoms with Gasteiger partial charge in [0, 0.05) is 17.9 Å². The van der Waals surface area contributed by atoms with E-state index in [1.54, 1.807) is 6.07 Å². The largest absolute Gasteiger partial charge is 0.416 e. The van der Waals surface area contributed by atoms with Gasteiger partial charge in [0.05, 0.1) is 5.56 Å². The van der Waals surface area contributed by atoms with Crippen molar-refractivity contribution >= 4 is 15.9 Å². The topological polar surface area (TPSA) is 3.24 Å². The molecule has 0 saturated carbocycles. The van der Waals surface area contributed by atoms with Gasteiger partial charge in [-0.25, -0.2) is 0 Å². The number of likely N-dealkylation sites (tertiary alicyclic amines) is 1. The van der Waals surface area contributed by atoms with Crippen LogP contribution >= 0.6 is 15.9 Å². The van der Waals surface area contributed by atoms with Crippen molar-refractivity contribution in [3.63, 3.8) is 0 Å². The maximum absolute atomic E-state index is 12.7. The molecule has 1 unspecified atom stereocenters. The minimum Gasteiger partial charge on any atom is -0.296 e. The van der Waals surface area contributed by atoms with Crippen molar-refractivity contribution in [1.29, 1.82) is 0 Å². The van der Waals surface area contributed by atoms with Gasteiger partial charge in [0.2, 0.25) is 0 Å². The highest BCUT2D eigenvalue weighted by atomic mass is 79.9. The van der Waals surface area contributed by atoms with Crippen LogP contribution in [0.2, 0.25) is 0 Å². The Balaban J connectivity index is 2.08. The van der Waals surface area contributed by atoms with Gasteiger partial charge < -0.3 is 0 Å². The van der Waals surface area contributed by atoms with E-state index in [0.717, 1.165) is 42.8 Å². The normalized spacial score (nSPS) is 21.1. The summed E-state index contributed by atoms with van der Waals surface area (Å²) in [5.74, 6) is 0. The second-order valence-corrected chi connectivity index (χ2v) is 6.09. The summed E-state index contributed by atoms with van der Waals surface area (Å²) in [6, 6.07) is 6.18. The molecule has 0 N–H and O–H groups in total. The molecule has 112 valence electrons. The molecule has 0 radical (unpaired) electrons. The summed E-state index contributed by atoms with van der Waals surface area (Å²) in [6.45, 7) is 1.59. The average molecular weight is 350 g/mol. The van der Waals surface area contributed by atoms with E-state index in [-0.39, 0.29) is 0 Å². The molecule has 20 heavy (non-hydrogen) atoms. The standard InChI is InChI=1S/C15H19BrF3N/c16-8-7-14-6-1-2-9-20(14)11-12-4-3-5-13(10-12)15(17,18)19/h3-5,10,14H,1-2,6-9,11H2. The van der Waals surface area contributed by atoms with E-state index >= 15 is 0 Å². The van der Waals surface area contributed by atoms with Gasteiger partial charge in [-0.3, -0.25) is 4.90 Å². The first kappa shape index (κ1) is 15.8. The fourth-order valence-corrected chi connectivity index (χ4v) is 3.33. The van der Waals surface area contributed by atoms with E-state index in [1.807, 2.05) is 0 Å². The zero-order chi connectivity index (χ0) is 14.6. The van der Waals surface area contributed by atoms with E-state index in [1.165, 1.54) is 18.6 Å². The number of hydrogen-bond donors (Lipinski definition) is 0. The molecule has 5 heteroatoms. The Morgan fingerprint density at radius 1 is 1.25 bits per heavy atom. The van der Waals surface area contributed by atoms with Crippen LogP contribution in [0.15, 0.2) is 24.3 Å². The smallest absolute Gasteiger partial charge is 0.296 e. The predicted octanol–water partition coefficient (Wildman–Crippen LogP) is 4.84. The first-order chi connectivity index (χ1) is 9.50. The molecular formula is C15H19BrF3N. The minimum atomic E-state index is -4.26. The fourth-order valence-electron chi connectivity index (χ4n) is 2.80. The summed E-state index contributed by atoms with van der Waals surface area (Å²) in [4.78, 5) is 2.32. The zero-order valence-corrected chi connectivity index (χ0v) is 12.9. The van der Waals surface area contributed by atoms with Crippen molar-refractivity contribution in [1.82, 2.24) is 4.90 Å². The molecule has 1 heterocycles. The maximum Gasteiger partial charge on any atom is 0.416 e. The average Bonchev–Trinajstić information content (AvgIpc) is 2.41. The number of hydrogen-bond acceptors (Lipinski definition) is 1. The van der Waals surface area contributed by atoms with Gasteiger partial charge in [0.15, 0.2) is 0 Å². The Bertz CT molecular complexity index is 431. The lowest BCUT2D eigenvalue weighted by Crippen LogP contribution is -2.39. The first-order valence-electron chi connectivity index (χ1n) is 6.97. The third kappa shape index (κ3) is 4.22. The van der Waals surface area contributed by atoms with Crippen LogP contribution in [0.5, 0.6) is 0 Å². The quantitative estimate of drug-likeness (QED) is 0.702. The maximum atomic E-state index is 12.7. The fraction of sp³-hybridized carbons (Fsp3) is 0.600. The monoisotopic (exact) mass is 349 g/mol. The van der Waals surface area contributed by atoms with Gasteiger partial charge >= 0.3 is 6.18 Å². The van der Waals surface area contributed by atoms with E-state index in [0.29, 0.717) is 12.6 Å². The number of benzene rings is 1. The lowest BCUT2D eigenvalue weighted by Gasteiger charge is -2.35. The molecule has 1 fully saturated rings. The summed E-state index contributed by atoms with van der Waals surface area (Å²) in [5, 5.41) is 0.941. The van der Waals surface area contributed by atoms with Gasteiger partial charge in [-0.15, -0.1) is 0 Å². The van der Waals surface area contributed by atoms with E-state index < -0.39 is 11.7 Å². The molecule has 1 atom stereocenters. The van der Waals surface area contributed by atoms with Gasteiger partial charge in [0.1, 0.15) is 0 Å². The highest BCUT2D eigenvalue weighted by molar-refractivity contribution is 9.09. The number of halogens is 4. The Kier molecular flexibility index (Phi) is 5.49. The predicted molar refractivity (Wildman–Crippen MR) is 77.9 cm³/mol. The Morgan fingerprint density at radius 3 is 2.75 bits per heavy atom. The molecular weight excluding hydrogens is 331 g/mol. The molecule has 2 rings (SSSR count). The molecule has 0 amide bonds. The van der Waals surface area contributed by atoms with E-state index in [9.17, 15) is 13.2 Å². The van der Waals surface area contributed by atoms with Crippen LogP contribution in [0, 0.1) is 0 Å². The van der Waals surface area contributed by atoms with Crippen LogP contribution in [0.3, 0.4) is 0 Å². The van der Waals surface area contributed by atoms with Crippen LogP contribution in [0.1, 0.15) is 36.8 Å². The summed E-state index contributed by atoms with van der Waals surface area (Å²) >= 11 is 3.46.